The molecule has 1 aliphatic carbocycles. The average molecular weight is 409 g/mol. The van der Waals surface area contributed by atoms with Crippen molar-refractivity contribution < 1.29 is 14.4 Å². The zero-order valence-electron chi connectivity index (χ0n) is 17.4. The first-order chi connectivity index (χ1) is 14.5. The predicted octanol–water partition coefficient (Wildman–Crippen LogP) is 3.57. The van der Waals surface area contributed by atoms with Crippen LogP contribution in [0.25, 0.3) is 0 Å². The number of benzene rings is 2. The topological polar surface area (TPSA) is 90.5 Å². The lowest BCUT2D eigenvalue weighted by molar-refractivity contribution is -0.117. The van der Waals surface area contributed by atoms with Crippen molar-refractivity contribution in [3.05, 3.63) is 54.1 Å². The SMILES string of the molecule is CCN(CC)C(=O)c1ccc(NC(=O)CNc2ccc(NC(=O)C3CC3)cc2)cc1. The summed E-state index contributed by atoms with van der Waals surface area (Å²) in [5.74, 6) is 0.0241. The third-order valence-corrected chi connectivity index (χ3v) is 5.02. The lowest BCUT2D eigenvalue weighted by Gasteiger charge is -2.18. The molecule has 0 atom stereocenters. The van der Waals surface area contributed by atoms with Crippen molar-refractivity contribution >= 4 is 34.8 Å². The molecule has 2 aromatic rings. The van der Waals surface area contributed by atoms with Crippen LogP contribution in [0.4, 0.5) is 17.1 Å². The van der Waals surface area contributed by atoms with Crippen LogP contribution in [0, 0.1) is 5.92 Å². The second kappa shape index (κ2) is 9.91. The van der Waals surface area contributed by atoms with Crippen molar-refractivity contribution in [3.63, 3.8) is 0 Å². The van der Waals surface area contributed by atoms with E-state index in [0.29, 0.717) is 24.3 Å². The summed E-state index contributed by atoms with van der Waals surface area (Å²) < 4.78 is 0. The fourth-order valence-corrected chi connectivity index (χ4v) is 3.04. The molecule has 3 amide bonds. The van der Waals surface area contributed by atoms with Crippen LogP contribution >= 0.6 is 0 Å². The number of nitrogens with zero attached hydrogens (tertiary/aromatic N) is 1. The summed E-state index contributed by atoms with van der Waals surface area (Å²) in [6.07, 6.45) is 1.94. The van der Waals surface area contributed by atoms with E-state index < -0.39 is 0 Å². The lowest BCUT2D eigenvalue weighted by Crippen LogP contribution is -2.30. The van der Waals surface area contributed by atoms with Crippen LogP contribution in [0.3, 0.4) is 0 Å². The minimum Gasteiger partial charge on any atom is -0.376 e. The number of carbonyl (C=O) groups is 3. The van der Waals surface area contributed by atoms with Crippen LogP contribution < -0.4 is 16.0 Å². The Morgan fingerprint density at radius 1 is 0.833 bits per heavy atom. The predicted molar refractivity (Wildman–Crippen MR) is 119 cm³/mol. The molecule has 3 N–H and O–H groups in total. The number of carbonyl (C=O) groups excluding carboxylic acids is 3. The average Bonchev–Trinajstić information content (AvgIpc) is 3.60. The maximum Gasteiger partial charge on any atom is 0.253 e. The normalized spacial score (nSPS) is 12.7. The van der Waals surface area contributed by atoms with E-state index in [1.807, 2.05) is 38.1 Å². The van der Waals surface area contributed by atoms with E-state index in [4.69, 9.17) is 0 Å². The Kier molecular flexibility index (Phi) is 7.06. The Morgan fingerprint density at radius 2 is 1.37 bits per heavy atom. The minimum absolute atomic E-state index is 0.0173. The summed E-state index contributed by atoms with van der Waals surface area (Å²) in [7, 11) is 0. The number of anilines is 3. The first-order valence-electron chi connectivity index (χ1n) is 10.3. The van der Waals surface area contributed by atoms with Gasteiger partial charge in [0.25, 0.3) is 5.91 Å². The number of nitrogens with one attached hydrogen (secondary N) is 3. The van der Waals surface area contributed by atoms with Crippen molar-refractivity contribution in [1.82, 2.24) is 4.90 Å². The molecule has 1 aliphatic rings. The second-order valence-electron chi connectivity index (χ2n) is 7.30. The van der Waals surface area contributed by atoms with E-state index in [0.717, 1.165) is 24.2 Å². The summed E-state index contributed by atoms with van der Waals surface area (Å²) in [5, 5.41) is 8.75. The van der Waals surface area contributed by atoms with Gasteiger partial charge in [0.05, 0.1) is 6.54 Å². The van der Waals surface area contributed by atoms with Gasteiger partial charge < -0.3 is 20.9 Å². The third kappa shape index (κ3) is 5.83. The number of hydrogen-bond donors (Lipinski definition) is 3. The molecular weight excluding hydrogens is 380 g/mol. The molecule has 0 aliphatic heterocycles. The van der Waals surface area contributed by atoms with Gasteiger partial charge in [-0.1, -0.05) is 0 Å². The van der Waals surface area contributed by atoms with Crippen molar-refractivity contribution in [2.75, 3.05) is 35.6 Å². The molecule has 0 spiro atoms. The summed E-state index contributed by atoms with van der Waals surface area (Å²) in [5.41, 5.74) is 2.77. The summed E-state index contributed by atoms with van der Waals surface area (Å²) in [6, 6.07) is 14.2. The van der Waals surface area contributed by atoms with E-state index in [9.17, 15) is 14.4 Å². The largest absolute Gasteiger partial charge is 0.376 e. The molecule has 30 heavy (non-hydrogen) atoms. The molecule has 1 saturated carbocycles. The monoisotopic (exact) mass is 408 g/mol. The molecule has 158 valence electrons. The molecule has 0 bridgehead atoms. The fraction of sp³-hybridized carbons (Fsp3) is 0.348. The quantitative estimate of drug-likeness (QED) is 0.592. The van der Waals surface area contributed by atoms with E-state index >= 15 is 0 Å². The molecular formula is C23H28N4O3. The van der Waals surface area contributed by atoms with Gasteiger partial charge in [-0.2, -0.15) is 0 Å². The molecule has 0 heterocycles. The van der Waals surface area contributed by atoms with Gasteiger partial charge in [-0.25, -0.2) is 0 Å². The van der Waals surface area contributed by atoms with E-state index in [-0.39, 0.29) is 30.2 Å². The lowest BCUT2D eigenvalue weighted by atomic mass is 10.1. The highest BCUT2D eigenvalue weighted by molar-refractivity contribution is 5.97. The Morgan fingerprint density at radius 3 is 1.93 bits per heavy atom. The van der Waals surface area contributed by atoms with Gasteiger partial charge in [0.1, 0.15) is 0 Å². The van der Waals surface area contributed by atoms with Gasteiger partial charge in [0.2, 0.25) is 11.8 Å². The zero-order chi connectivity index (χ0) is 21.5. The highest BCUT2D eigenvalue weighted by atomic mass is 16.2. The van der Waals surface area contributed by atoms with Crippen LogP contribution in [0.5, 0.6) is 0 Å². The third-order valence-electron chi connectivity index (χ3n) is 5.02. The minimum atomic E-state index is -0.191. The van der Waals surface area contributed by atoms with Crippen molar-refractivity contribution in [1.29, 1.82) is 0 Å². The summed E-state index contributed by atoms with van der Waals surface area (Å²) in [6.45, 7) is 5.32. The first-order valence-corrected chi connectivity index (χ1v) is 10.3. The Balaban J connectivity index is 1.46. The molecule has 0 unspecified atom stereocenters. The maximum atomic E-state index is 12.3. The fourth-order valence-electron chi connectivity index (χ4n) is 3.04. The van der Waals surface area contributed by atoms with Crippen molar-refractivity contribution in [3.8, 4) is 0 Å². The van der Waals surface area contributed by atoms with E-state index in [2.05, 4.69) is 16.0 Å². The number of amides is 3. The summed E-state index contributed by atoms with van der Waals surface area (Å²) >= 11 is 0. The van der Waals surface area contributed by atoms with Crippen LogP contribution in [0.2, 0.25) is 0 Å². The standard InChI is InChI=1S/C23H28N4O3/c1-3-27(4-2)23(30)17-7-9-19(10-8-17)25-21(28)15-24-18-11-13-20(14-12-18)26-22(29)16-5-6-16/h7-14,16,24H,3-6,15H2,1-2H3,(H,25,28)(H,26,29). The first kappa shape index (κ1) is 21.4. The van der Waals surface area contributed by atoms with E-state index in [1.54, 1.807) is 29.2 Å². The van der Waals surface area contributed by atoms with Gasteiger partial charge in [0.15, 0.2) is 0 Å². The number of rotatable bonds is 9. The summed E-state index contributed by atoms with van der Waals surface area (Å²) in [4.78, 5) is 38.0. The molecule has 2 aromatic carbocycles. The van der Waals surface area contributed by atoms with Gasteiger partial charge in [-0.05, 0) is 75.2 Å². The second-order valence-corrected chi connectivity index (χ2v) is 7.30. The number of hydrogen-bond acceptors (Lipinski definition) is 4. The maximum absolute atomic E-state index is 12.3. The Labute approximate surface area is 176 Å². The van der Waals surface area contributed by atoms with Crippen LogP contribution in [-0.2, 0) is 9.59 Å². The van der Waals surface area contributed by atoms with Gasteiger partial charge >= 0.3 is 0 Å². The van der Waals surface area contributed by atoms with Crippen molar-refractivity contribution in [2.45, 2.75) is 26.7 Å². The van der Waals surface area contributed by atoms with Crippen LogP contribution in [0.1, 0.15) is 37.0 Å². The van der Waals surface area contributed by atoms with E-state index in [1.165, 1.54) is 0 Å². The molecule has 7 nitrogen and oxygen atoms in total. The molecule has 0 aromatic heterocycles. The van der Waals surface area contributed by atoms with Gasteiger partial charge in [-0.15, -0.1) is 0 Å². The van der Waals surface area contributed by atoms with Crippen LogP contribution in [-0.4, -0.2) is 42.3 Å². The smallest absolute Gasteiger partial charge is 0.253 e. The Bertz CT molecular complexity index is 886. The molecule has 7 heteroatoms. The molecule has 0 radical (unpaired) electrons. The highest BCUT2D eigenvalue weighted by Crippen LogP contribution is 2.30. The molecule has 0 saturated heterocycles. The van der Waals surface area contributed by atoms with Gasteiger partial charge in [0, 0.05) is 41.6 Å². The highest BCUT2D eigenvalue weighted by Gasteiger charge is 2.29. The molecule has 3 rings (SSSR count). The van der Waals surface area contributed by atoms with Crippen molar-refractivity contribution in [2.24, 2.45) is 5.92 Å². The molecule has 1 fully saturated rings. The zero-order valence-corrected chi connectivity index (χ0v) is 17.4. The van der Waals surface area contributed by atoms with Crippen LogP contribution in [0.15, 0.2) is 48.5 Å². The Hall–Kier alpha value is -3.35. The van der Waals surface area contributed by atoms with Gasteiger partial charge in [-0.3, -0.25) is 14.4 Å².